The van der Waals surface area contributed by atoms with Crippen LogP contribution in [0.15, 0.2) is 48.1 Å². The van der Waals surface area contributed by atoms with Crippen molar-refractivity contribution in [2.24, 2.45) is 5.73 Å². The van der Waals surface area contributed by atoms with Crippen LogP contribution < -0.4 is 5.73 Å². The van der Waals surface area contributed by atoms with Crippen LogP contribution in [0, 0.1) is 0 Å². The number of hydrogen-bond donors (Lipinski definition) is 1. The lowest BCUT2D eigenvalue weighted by atomic mass is 9.74. The van der Waals surface area contributed by atoms with Crippen LogP contribution in [0.25, 0.3) is 4.96 Å². The number of aromatic nitrogens is 2. The molecule has 3 rings (SSSR count). The van der Waals surface area contributed by atoms with Gasteiger partial charge in [-0.15, -0.1) is 11.3 Å². The quantitative estimate of drug-likeness (QED) is 0.782. The first-order chi connectivity index (χ1) is 9.77. The lowest BCUT2D eigenvalue weighted by Crippen LogP contribution is -2.37. The van der Waals surface area contributed by atoms with Crippen molar-refractivity contribution in [3.8, 4) is 0 Å². The van der Waals surface area contributed by atoms with Gasteiger partial charge in [0, 0.05) is 36.2 Å². The molecule has 0 aliphatic carbocycles. The fourth-order valence-electron chi connectivity index (χ4n) is 2.77. The molecule has 0 spiro atoms. The maximum absolute atomic E-state index is 6.14. The van der Waals surface area contributed by atoms with Gasteiger partial charge in [0.1, 0.15) is 0 Å². The van der Waals surface area contributed by atoms with E-state index < -0.39 is 0 Å². The Labute approximate surface area is 123 Å². The molecule has 0 aliphatic heterocycles. The Bertz CT molecular complexity index is 651. The lowest BCUT2D eigenvalue weighted by molar-refractivity contribution is 0.415. The zero-order chi connectivity index (χ0) is 14.0. The number of imidazole rings is 1. The monoisotopic (exact) mass is 285 g/mol. The van der Waals surface area contributed by atoms with Gasteiger partial charge >= 0.3 is 0 Å². The molecule has 1 atom stereocenters. The molecule has 0 saturated heterocycles. The summed E-state index contributed by atoms with van der Waals surface area (Å²) in [5, 5.41) is 2.05. The highest BCUT2D eigenvalue weighted by Crippen LogP contribution is 2.31. The first-order valence-electron chi connectivity index (χ1n) is 6.94. The molecule has 0 bridgehead atoms. The Balaban J connectivity index is 1.96. The van der Waals surface area contributed by atoms with Crippen molar-refractivity contribution in [1.29, 1.82) is 0 Å². The molecule has 0 aliphatic rings. The molecule has 3 aromatic rings. The maximum Gasteiger partial charge on any atom is 0.193 e. The number of benzene rings is 1. The summed E-state index contributed by atoms with van der Waals surface area (Å²) in [5.74, 6) is 0. The number of fused-ring (bicyclic) bond motifs is 1. The van der Waals surface area contributed by atoms with Gasteiger partial charge in [-0.05, 0) is 12.0 Å². The second-order valence-electron chi connectivity index (χ2n) is 5.21. The third-order valence-corrected chi connectivity index (χ3v) is 4.89. The summed E-state index contributed by atoms with van der Waals surface area (Å²) < 4.78 is 2.09. The summed E-state index contributed by atoms with van der Waals surface area (Å²) in [6.07, 6.45) is 6.07. The van der Waals surface area contributed by atoms with Gasteiger partial charge in [0.05, 0.1) is 5.69 Å². The molecule has 0 amide bonds. The first kappa shape index (κ1) is 13.3. The van der Waals surface area contributed by atoms with E-state index in [0.717, 1.165) is 23.5 Å². The molecule has 2 aromatic heterocycles. The molecule has 1 aromatic carbocycles. The number of rotatable bonds is 5. The van der Waals surface area contributed by atoms with E-state index in [-0.39, 0.29) is 5.41 Å². The van der Waals surface area contributed by atoms with E-state index in [9.17, 15) is 0 Å². The fraction of sp³-hybridized carbons (Fsp3) is 0.312. The Morgan fingerprint density at radius 2 is 2.10 bits per heavy atom. The van der Waals surface area contributed by atoms with E-state index in [2.05, 4.69) is 53.4 Å². The molecule has 2 heterocycles. The van der Waals surface area contributed by atoms with E-state index >= 15 is 0 Å². The predicted molar refractivity (Wildman–Crippen MR) is 84.2 cm³/mol. The zero-order valence-corrected chi connectivity index (χ0v) is 12.4. The van der Waals surface area contributed by atoms with E-state index in [4.69, 9.17) is 10.7 Å². The number of hydrogen-bond acceptors (Lipinski definition) is 3. The minimum atomic E-state index is -0.0225. The van der Waals surface area contributed by atoms with Gasteiger partial charge in [0.15, 0.2) is 4.96 Å². The van der Waals surface area contributed by atoms with Crippen molar-refractivity contribution < 1.29 is 0 Å². The average molecular weight is 285 g/mol. The highest BCUT2D eigenvalue weighted by atomic mass is 32.1. The third kappa shape index (κ3) is 2.25. The average Bonchev–Trinajstić information content (AvgIpc) is 3.07. The molecule has 0 saturated carbocycles. The second-order valence-corrected chi connectivity index (χ2v) is 6.08. The van der Waals surface area contributed by atoms with Gasteiger partial charge in [-0.25, -0.2) is 4.98 Å². The van der Waals surface area contributed by atoms with Crippen LogP contribution in [0.4, 0.5) is 0 Å². The zero-order valence-electron chi connectivity index (χ0n) is 11.6. The van der Waals surface area contributed by atoms with Crippen LogP contribution in [-0.4, -0.2) is 15.9 Å². The van der Waals surface area contributed by atoms with E-state index in [1.54, 1.807) is 11.3 Å². The molecular weight excluding hydrogens is 266 g/mol. The number of nitrogens with two attached hydrogens (primary N) is 1. The molecule has 1 unspecified atom stereocenters. The molecule has 2 N–H and O–H groups in total. The van der Waals surface area contributed by atoms with E-state index in [0.29, 0.717) is 6.54 Å². The van der Waals surface area contributed by atoms with Gasteiger partial charge in [0.25, 0.3) is 0 Å². The molecule has 3 nitrogen and oxygen atoms in total. The molecule has 104 valence electrons. The molecule has 20 heavy (non-hydrogen) atoms. The summed E-state index contributed by atoms with van der Waals surface area (Å²) in [5.41, 5.74) is 8.54. The van der Waals surface area contributed by atoms with Crippen LogP contribution in [0.2, 0.25) is 0 Å². The van der Waals surface area contributed by atoms with Gasteiger partial charge < -0.3 is 5.73 Å². The smallest absolute Gasteiger partial charge is 0.193 e. The minimum Gasteiger partial charge on any atom is -0.330 e. The van der Waals surface area contributed by atoms with Crippen LogP contribution in [0.3, 0.4) is 0 Å². The first-order valence-corrected chi connectivity index (χ1v) is 7.82. The van der Waals surface area contributed by atoms with Gasteiger partial charge in [-0.3, -0.25) is 4.40 Å². The Morgan fingerprint density at radius 1 is 1.30 bits per heavy atom. The van der Waals surface area contributed by atoms with Crippen molar-refractivity contribution in [1.82, 2.24) is 9.38 Å². The van der Waals surface area contributed by atoms with Crippen LogP contribution >= 0.6 is 11.3 Å². The normalized spacial score (nSPS) is 14.5. The number of nitrogens with zero attached hydrogens (tertiary/aromatic N) is 2. The standard InChI is InChI=1S/C16H19N3S/c1-2-16(12-17,13-6-4-3-5-7-13)10-14-11-19-8-9-20-15(19)18-14/h3-9,11H,2,10,12,17H2,1H3. The molecule has 4 heteroatoms. The van der Waals surface area contributed by atoms with Crippen LogP contribution in [-0.2, 0) is 11.8 Å². The van der Waals surface area contributed by atoms with Crippen molar-refractivity contribution >= 4 is 16.3 Å². The largest absolute Gasteiger partial charge is 0.330 e. The van der Waals surface area contributed by atoms with Crippen molar-refractivity contribution in [3.05, 3.63) is 59.4 Å². The molecule has 0 radical (unpaired) electrons. The summed E-state index contributed by atoms with van der Waals surface area (Å²) in [7, 11) is 0. The van der Waals surface area contributed by atoms with E-state index in [1.807, 2.05) is 6.07 Å². The van der Waals surface area contributed by atoms with Crippen molar-refractivity contribution in [3.63, 3.8) is 0 Å². The lowest BCUT2D eigenvalue weighted by Gasteiger charge is -2.31. The highest BCUT2D eigenvalue weighted by molar-refractivity contribution is 7.15. The van der Waals surface area contributed by atoms with E-state index in [1.165, 1.54) is 5.56 Å². The summed E-state index contributed by atoms with van der Waals surface area (Å²) in [6, 6.07) is 10.6. The number of thiazole rings is 1. The molecular formula is C16H19N3S. The van der Waals surface area contributed by atoms with Crippen LogP contribution in [0.1, 0.15) is 24.6 Å². The van der Waals surface area contributed by atoms with Gasteiger partial charge in [0.2, 0.25) is 0 Å². The fourth-order valence-corrected chi connectivity index (χ4v) is 3.48. The summed E-state index contributed by atoms with van der Waals surface area (Å²) >= 11 is 1.67. The topological polar surface area (TPSA) is 43.3 Å². The van der Waals surface area contributed by atoms with Gasteiger partial charge in [-0.1, -0.05) is 37.3 Å². The minimum absolute atomic E-state index is 0.0225. The SMILES string of the molecule is CCC(CN)(Cc1cn2ccsc2n1)c1ccccc1. The molecule has 0 fully saturated rings. The van der Waals surface area contributed by atoms with Gasteiger partial charge in [-0.2, -0.15) is 0 Å². The Kier molecular flexibility index (Phi) is 3.59. The third-order valence-electron chi connectivity index (χ3n) is 4.12. The van der Waals surface area contributed by atoms with Crippen molar-refractivity contribution in [2.75, 3.05) is 6.54 Å². The summed E-state index contributed by atoms with van der Waals surface area (Å²) in [4.78, 5) is 5.76. The maximum atomic E-state index is 6.14. The Hall–Kier alpha value is -1.65. The summed E-state index contributed by atoms with van der Waals surface area (Å²) in [6.45, 7) is 2.84. The second kappa shape index (κ2) is 5.38. The Morgan fingerprint density at radius 3 is 2.75 bits per heavy atom. The van der Waals surface area contributed by atoms with Crippen molar-refractivity contribution in [2.45, 2.75) is 25.2 Å². The highest BCUT2D eigenvalue weighted by Gasteiger charge is 2.30. The predicted octanol–water partition coefficient (Wildman–Crippen LogP) is 3.25. The van der Waals surface area contributed by atoms with Crippen LogP contribution in [0.5, 0.6) is 0 Å².